The topological polar surface area (TPSA) is 60.0 Å². The number of hydrogen-bond donors (Lipinski definition) is 0. The first-order valence-electron chi connectivity index (χ1n) is 12.4. The van der Waals surface area contributed by atoms with Crippen LogP contribution in [0.4, 0.5) is 11.5 Å². The van der Waals surface area contributed by atoms with Crippen LogP contribution in [0.5, 0.6) is 5.75 Å². The average molecular weight is 461 g/mol. The fourth-order valence-electron chi connectivity index (χ4n) is 5.67. The number of fused-ring (bicyclic) bond motifs is 3. The third-order valence-electron chi connectivity index (χ3n) is 7.53. The largest absolute Gasteiger partial charge is 0.497 e. The highest BCUT2D eigenvalue weighted by atomic mass is 16.5. The molecule has 0 amide bonds. The lowest BCUT2D eigenvalue weighted by atomic mass is 10.1. The molecule has 7 heteroatoms. The molecule has 3 fully saturated rings. The van der Waals surface area contributed by atoms with Gasteiger partial charge in [-0.2, -0.15) is 0 Å². The van der Waals surface area contributed by atoms with Crippen LogP contribution in [-0.4, -0.2) is 68.2 Å². The van der Waals surface area contributed by atoms with Gasteiger partial charge in [-0.15, -0.1) is 0 Å². The van der Waals surface area contributed by atoms with Gasteiger partial charge in [0.15, 0.2) is 5.65 Å². The molecule has 2 aromatic heterocycles. The molecule has 2 bridgehead atoms. The molecular weight excluding hydrogens is 428 g/mol. The van der Waals surface area contributed by atoms with Crippen LogP contribution in [-0.2, 0) is 9.47 Å². The van der Waals surface area contributed by atoms with Crippen molar-refractivity contribution in [3.8, 4) is 17.0 Å². The van der Waals surface area contributed by atoms with Gasteiger partial charge in [-0.25, -0.2) is 9.97 Å². The van der Waals surface area contributed by atoms with Crippen LogP contribution in [0.25, 0.3) is 22.3 Å². The van der Waals surface area contributed by atoms with Gasteiger partial charge in [-0.05, 0) is 55.7 Å². The van der Waals surface area contributed by atoms with Gasteiger partial charge >= 0.3 is 0 Å². The summed E-state index contributed by atoms with van der Waals surface area (Å²) in [6, 6.07) is 15.8. The second-order valence-electron chi connectivity index (χ2n) is 9.46. The van der Waals surface area contributed by atoms with Crippen LogP contribution in [0, 0.1) is 0 Å². The van der Waals surface area contributed by atoms with Gasteiger partial charge in [0.25, 0.3) is 0 Å². The molecule has 0 radical (unpaired) electrons. The van der Waals surface area contributed by atoms with Crippen LogP contribution in [0.15, 0.2) is 42.5 Å². The van der Waals surface area contributed by atoms with Crippen molar-refractivity contribution < 1.29 is 14.2 Å². The van der Waals surface area contributed by atoms with Gasteiger partial charge in [0.05, 0.1) is 63.0 Å². The Morgan fingerprint density at radius 2 is 1.76 bits per heavy atom. The van der Waals surface area contributed by atoms with Crippen LogP contribution in [0.1, 0.15) is 26.2 Å². The monoisotopic (exact) mass is 460 g/mol. The molecule has 0 saturated carbocycles. The van der Waals surface area contributed by atoms with Crippen LogP contribution in [0.2, 0.25) is 0 Å². The zero-order valence-electron chi connectivity index (χ0n) is 19.9. The quantitative estimate of drug-likeness (QED) is 0.563. The maximum absolute atomic E-state index is 5.89. The first-order chi connectivity index (χ1) is 16.7. The molecule has 5 heterocycles. The van der Waals surface area contributed by atoms with E-state index in [4.69, 9.17) is 24.2 Å². The van der Waals surface area contributed by atoms with Crippen molar-refractivity contribution in [2.45, 2.75) is 44.3 Å². The molecule has 0 spiro atoms. The van der Waals surface area contributed by atoms with E-state index in [2.05, 4.69) is 47.1 Å². The summed E-state index contributed by atoms with van der Waals surface area (Å²) in [4.78, 5) is 15.2. The Labute approximate surface area is 200 Å². The molecule has 6 rings (SSSR count). The van der Waals surface area contributed by atoms with Gasteiger partial charge in [-0.3, -0.25) is 0 Å². The summed E-state index contributed by atoms with van der Waals surface area (Å²) in [5.41, 5.74) is 4.02. The fraction of sp³-hybridized carbons (Fsp3) is 0.481. The van der Waals surface area contributed by atoms with E-state index in [1.807, 2.05) is 12.1 Å². The Morgan fingerprint density at radius 1 is 0.971 bits per heavy atom. The van der Waals surface area contributed by atoms with Crippen molar-refractivity contribution in [3.63, 3.8) is 0 Å². The lowest BCUT2D eigenvalue weighted by molar-refractivity contribution is 0.0906. The number of hydrogen-bond acceptors (Lipinski definition) is 7. The Bertz CT molecular complexity index is 1150. The van der Waals surface area contributed by atoms with Gasteiger partial charge in [0.1, 0.15) is 11.6 Å². The first-order valence-corrected chi connectivity index (χ1v) is 12.4. The Balaban J connectivity index is 1.48. The molecule has 3 unspecified atom stereocenters. The summed E-state index contributed by atoms with van der Waals surface area (Å²) in [6.07, 6.45) is 3.38. The number of anilines is 2. The number of aromatic nitrogens is 2. The fourth-order valence-corrected chi connectivity index (χ4v) is 5.67. The molecule has 3 aliphatic rings. The molecule has 178 valence electrons. The zero-order valence-corrected chi connectivity index (χ0v) is 19.9. The molecule has 3 aliphatic heterocycles. The van der Waals surface area contributed by atoms with Crippen LogP contribution >= 0.6 is 0 Å². The number of methoxy groups -OCH3 is 1. The minimum atomic E-state index is 0.331. The summed E-state index contributed by atoms with van der Waals surface area (Å²) in [5, 5.41) is 1.11. The van der Waals surface area contributed by atoms with E-state index < -0.39 is 0 Å². The maximum Gasteiger partial charge on any atom is 0.164 e. The minimum absolute atomic E-state index is 0.331. The van der Waals surface area contributed by atoms with Crippen molar-refractivity contribution in [1.82, 2.24) is 9.97 Å². The van der Waals surface area contributed by atoms with E-state index in [-0.39, 0.29) is 0 Å². The predicted octanol–water partition coefficient (Wildman–Crippen LogP) is 4.29. The predicted molar refractivity (Wildman–Crippen MR) is 134 cm³/mol. The van der Waals surface area contributed by atoms with Crippen molar-refractivity contribution >= 4 is 22.5 Å². The van der Waals surface area contributed by atoms with E-state index in [0.717, 1.165) is 73.3 Å². The van der Waals surface area contributed by atoms with Gasteiger partial charge < -0.3 is 24.0 Å². The van der Waals surface area contributed by atoms with Gasteiger partial charge in [0, 0.05) is 23.6 Å². The smallest absolute Gasteiger partial charge is 0.164 e. The van der Waals surface area contributed by atoms with Crippen molar-refractivity contribution in [2.75, 3.05) is 49.9 Å². The summed E-state index contributed by atoms with van der Waals surface area (Å²) in [6.45, 7) is 6.13. The number of nitrogens with zero attached hydrogens (tertiary/aromatic N) is 4. The highest BCUT2D eigenvalue weighted by Crippen LogP contribution is 2.40. The molecule has 0 aliphatic carbocycles. The van der Waals surface area contributed by atoms with Crippen molar-refractivity contribution in [2.24, 2.45) is 0 Å². The lowest BCUT2D eigenvalue weighted by Crippen LogP contribution is -2.47. The SMILES string of the molecule is CCC1COCCN1c1cc(N2C3CCC2COC3)c2ccc(-c3ccc(OC)cc3)nc2n1. The molecule has 34 heavy (non-hydrogen) atoms. The molecule has 7 nitrogen and oxygen atoms in total. The summed E-state index contributed by atoms with van der Waals surface area (Å²) in [7, 11) is 1.68. The van der Waals surface area contributed by atoms with Gasteiger partial charge in [0.2, 0.25) is 0 Å². The third-order valence-corrected chi connectivity index (χ3v) is 7.53. The summed E-state index contributed by atoms with van der Waals surface area (Å²) < 4.78 is 17.0. The van der Waals surface area contributed by atoms with Crippen molar-refractivity contribution in [1.29, 1.82) is 0 Å². The van der Waals surface area contributed by atoms with E-state index in [0.29, 0.717) is 18.1 Å². The third kappa shape index (κ3) is 3.77. The van der Waals surface area contributed by atoms with E-state index in [1.165, 1.54) is 18.5 Å². The molecule has 0 N–H and O–H groups in total. The van der Waals surface area contributed by atoms with E-state index in [1.54, 1.807) is 7.11 Å². The Kier molecular flexibility index (Phi) is 5.75. The Morgan fingerprint density at radius 3 is 2.50 bits per heavy atom. The number of pyridine rings is 2. The standard InChI is InChI=1S/C27H32N4O3/c1-3-19-15-33-13-12-30(19)26-14-25(31-20-6-7-21(31)17-34-16-20)23-10-11-24(28-27(23)29-26)18-4-8-22(32-2)9-5-18/h4-5,8-11,14,19-21H,3,6-7,12-13,15-17H2,1-2H3. The number of ether oxygens (including phenoxy) is 3. The second-order valence-corrected chi connectivity index (χ2v) is 9.46. The van der Waals surface area contributed by atoms with Crippen LogP contribution in [0.3, 0.4) is 0 Å². The summed E-state index contributed by atoms with van der Waals surface area (Å²) >= 11 is 0. The number of morpholine rings is 2. The Hall–Kier alpha value is -2.90. The lowest BCUT2D eigenvalue weighted by Gasteiger charge is -2.39. The average Bonchev–Trinajstić information content (AvgIpc) is 3.14. The first kappa shape index (κ1) is 21.6. The number of benzene rings is 1. The molecule has 1 aromatic carbocycles. The molecule has 3 aromatic rings. The zero-order chi connectivity index (χ0) is 23.1. The second kappa shape index (κ2) is 9.04. The normalized spacial score (nSPS) is 24.6. The van der Waals surface area contributed by atoms with E-state index in [9.17, 15) is 0 Å². The molecule has 3 atom stereocenters. The summed E-state index contributed by atoms with van der Waals surface area (Å²) in [5.74, 6) is 1.84. The maximum atomic E-state index is 5.89. The van der Waals surface area contributed by atoms with Gasteiger partial charge in [-0.1, -0.05) is 6.92 Å². The highest BCUT2D eigenvalue weighted by Gasteiger charge is 2.39. The highest BCUT2D eigenvalue weighted by molar-refractivity contribution is 5.93. The van der Waals surface area contributed by atoms with Crippen molar-refractivity contribution in [3.05, 3.63) is 42.5 Å². The molecule has 3 saturated heterocycles. The van der Waals surface area contributed by atoms with E-state index >= 15 is 0 Å². The minimum Gasteiger partial charge on any atom is -0.497 e. The van der Waals surface area contributed by atoms with Crippen LogP contribution < -0.4 is 14.5 Å². The number of rotatable bonds is 5. The molecular formula is C27H32N4O3.